The number of nitrogens with zero attached hydrogens (tertiary/aromatic N) is 2. The van der Waals surface area contributed by atoms with Crippen LogP contribution in [0.5, 0.6) is 11.5 Å². The maximum absolute atomic E-state index is 13.7. The third-order valence-corrected chi connectivity index (χ3v) is 7.95. The number of carbonyl (C=O) groups is 2. The lowest BCUT2D eigenvalue weighted by atomic mass is 9.93. The number of amidine groups is 1. The molecule has 0 saturated carbocycles. The van der Waals surface area contributed by atoms with Gasteiger partial charge in [-0.1, -0.05) is 42.1 Å². The summed E-state index contributed by atoms with van der Waals surface area (Å²) < 4.78 is 22.6. The van der Waals surface area contributed by atoms with Gasteiger partial charge < -0.3 is 29.2 Å². The number of nitrogens with one attached hydrogen (secondary N) is 1. The van der Waals surface area contributed by atoms with E-state index in [2.05, 4.69) is 5.32 Å². The smallest absolute Gasteiger partial charge is 0.338 e. The van der Waals surface area contributed by atoms with E-state index in [-0.39, 0.29) is 25.0 Å². The van der Waals surface area contributed by atoms with E-state index in [4.69, 9.17) is 23.9 Å². The van der Waals surface area contributed by atoms with E-state index in [1.54, 1.807) is 27.2 Å². The third-order valence-electron chi connectivity index (χ3n) is 7.06. The zero-order chi connectivity index (χ0) is 28.1. The lowest BCUT2D eigenvalue weighted by molar-refractivity contribution is -0.141. The molecule has 2 aromatic rings. The zero-order valence-corrected chi connectivity index (χ0v) is 23.7. The van der Waals surface area contributed by atoms with E-state index < -0.39 is 12.0 Å². The molecule has 10 heteroatoms. The molecule has 40 heavy (non-hydrogen) atoms. The number of rotatable bonds is 10. The van der Waals surface area contributed by atoms with Crippen molar-refractivity contribution in [3.05, 3.63) is 82.0 Å². The van der Waals surface area contributed by atoms with Gasteiger partial charge in [0.2, 0.25) is 5.91 Å². The number of aliphatic imine (C=N–C) groups is 1. The number of hydrogen-bond acceptors (Lipinski definition) is 9. The minimum Gasteiger partial charge on any atom is -0.497 e. The Morgan fingerprint density at radius 3 is 2.70 bits per heavy atom. The fraction of sp³-hybridized carbons (Fsp3) is 0.367. The average Bonchev–Trinajstić information content (AvgIpc) is 3.64. The summed E-state index contributed by atoms with van der Waals surface area (Å²) in [5.74, 6) is 0.569. The lowest BCUT2D eigenvalue weighted by Crippen LogP contribution is -2.39. The van der Waals surface area contributed by atoms with Crippen LogP contribution in [0.3, 0.4) is 0 Å². The lowest BCUT2D eigenvalue weighted by Gasteiger charge is -2.36. The number of amides is 1. The van der Waals surface area contributed by atoms with Crippen molar-refractivity contribution in [2.75, 3.05) is 27.4 Å². The van der Waals surface area contributed by atoms with Crippen LogP contribution in [0.1, 0.15) is 43.4 Å². The Hall–Kier alpha value is -3.76. The first-order valence-electron chi connectivity index (χ1n) is 13.2. The summed E-state index contributed by atoms with van der Waals surface area (Å²) in [6, 6.07) is 14.4. The van der Waals surface area contributed by atoms with Crippen LogP contribution in [-0.2, 0) is 25.7 Å². The molecule has 3 aliphatic rings. The molecule has 9 nitrogen and oxygen atoms in total. The van der Waals surface area contributed by atoms with Crippen molar-refractivity contribution >= 4 is 28.8 Å². The first-order chi connectivity index (χ1) is 19.5. The number of ether oxygens (including phenoxy) is 4. The van der Waals surface area contributed by atoms with Crippen molar-refractivity contribution in [3.8, 4) is 11.5 Å². The van der Waals surface area contributed by atoms with Crippen LogP contribution in [0, 0.1) is 0 Å². The normalized spacial score (nSPS) is 20.0. The highest BCUT2D eigenvalue weighted by molar-refractivity contribution is 8.16. The third kappa shape index (κ3) is 6.03. The molecule has 1 N–H and O–H groups in total. The molecule has 210 valence electrons. The van der Waals surface area contributed by atoms with E-state index >= 15 is 0 Å². The molecule has 1 fully saturated rings. The highest BCUT2D eigenvalue weighted by atomic mass is 32.2. The Morgan fingerprint density at radius 1 is 1.15 bits per heavy atom. The summed E-state index contributed by atoms with van der Waals surface area (Å²) in [4.78, 5) is 33.4. The summed E-state index contributed by atoms with van der Waals surface area (Å²) >= 11 is 1.42. The predicted octanol–water partition coefficient (Wildman–Crippen LogP) is 4.71. The molecule has 0 bridgehead atoms. The van der Waals surface area contributed by atoms with Gasteiger partial charge in [-0.2, -0.15) is 0 Å². The fourth-order valence-corrected chi connectivity index (χ4v) is 5.99. The highest BCUT2D eigenvalue weighted by Crippen LogP contribution is 2.47. The standard InChI is InChI=1S/C30H33N3O6S/c1-19-27(29(35)39-17-20-8-5-4-6-9-20)28(24-12-11-22(36-2)15-25(24)37-3)33-21(18-40-30(33)32-19)14-26(34)31-16-23-10-7-13-38-23/h4-6,8-9,11-12,15,18,23,28H,7,10,13-14,16-17H2,1-3H3,(H,31,34)/t23-,28+/m1/s1. The summed E-state index contributed by atoms with van der Waals surface area (Å²) in [5, 5.41) is 5.59. The van der Waals surface area contributed by atoms with Gasteiger partial charge in [0.25, 0.3) is 0 Å². The maximum Gasteiger partial charge on any atom is 0.338 e. The number of allylic oxidation sites excluding steroid dienone is 1. The van der Waals surface area contributed by atoms with Crippen LogP contribution < -0.4 is 14.8 Å². The number of benzene rings is 2. The van der Waals surface area contributed by atoms with Gasteiger partial charge in [-0.15, -0.1) is 0 Å². The van der Waals surface area contributed by atoms with E-state index in [1.165, 1.54) is 11.8 Å². The van der Waals surface area contributed by atoms with Gasteiger partial charge in [-0.05, 0) is 42.9 Å². The van der Waals surface area contributed by atoms with E-state index in [1.807, 2.05) is 52.8 Å². The molecule has 0 spiro atoms. The Balaban J connectivity index is 1.45. The first-order valence-corrected chi connectivity index (χ1v) is 14.1. The molecule has 0 aromatic heterocycles. The maximum atomic E-state index is 13.7. The molecule has 2 atom stereocenters. The van der Waals surface area contributed by atoms with Gasteiger partial charge >= 0.3 is 5.97 Å². The monoisotopic (exact) mass is 563 g/mol. The second kappa shape index (κ2) is 12.6. The summed E-state index contributed by atoms with van der Waals surface area (Å²) in [5.41, 5.74) is 3.29. The zero-order valence-electron chi connectivity index (χ0n) is 22.8. The minimum absolute atomic E-state index is 0.0517. The number of methoxy groups -OCH3 is 2. The Kier molecular flexibility index (Phi) is 8.76. The minimum atomic E-state index is -0.621. The second-order valence-corrected chi connectivity index (χ2v) is 10.5. The SMILES string of the molecule is COc1ccc([C@H]2C(C(=O)OCc3ccccc3)=C(C)N=C3SC=C(CC(=O)NC[C@H]4CCCO4)N32)c(OC)c1. The van der Waals surface area contributed by atoms with Crippen LogP contribution >= 0.6 is 11.8 Å². The molecule has 0 unspecified atom stereocenters. The molecule has 3 aliphatic heterocycles. The van der Waals surface area contributed by atoms with Crippen LogP contribution in [0.4, 0.5) is 0 Å². The van der Waals surface area contributed by atoms with Crippen LogP contribution in [-0.4, -0.2) is 55.4 Å². The quantitative estimate of drug-likeness (QED) is 0.415. The molecule has 5 rings (SSSR count). The fourth-order valence-electron chi connectivity index (χ4n) is 5.03. The van der Waals surface area contributed by atoms with Crippen molar-refractivity contribution in [2.45, 2.75) is 44.9 Å². The molecular weight excluding hydrogens is 530 g/mol. The number of carbonyl (C=O) groups excluding carboxylic acids is 2. The van der Waals surface area contributed by atoms with E-state index in [0.29, 0.717) is 34.5 Å². The van der Waals surface area contributed by atoms with Crippen LogP contribution in [0.2, 0.25) is 0 Å². The molecule has 0 radical (unpaired) electrons. The second-order valence-electron chi connectivity index (χ2n) is 9.68. The first kappa shape index (κ1) is 27.8. The summed E-state index contributed by atoms with van der Waals surface area (Å²) in [6.45, 7) is 3.14. The number of esters is 1. The Morgan fingerprint density at radius 2 is 1.98 bits per heavy atom. The summed E-state index contributed by atoms with van der Waals surface area (Å²) in [6.07, 6.45) is 2.13. The Bertz CT molecular complexity index is 1350. The van der Waals surface area contributed by atoms with Gasteiger partial charge in [0.05, 0.1) is 44.1 Å². The molecule has 3 heterocycles. The largest absolute Gasteiger partial charge is 0.497 e. The number of fused-ring (bicyclic) bond motifs is 1. The van der Waals surface area contributed by atoms with Crippen molar-refractivity contribution in [1.29, 1.82) is 0 Å². The van der Waals surface area contributed by atoms with Gasteiger partial charge in [0.1, 0.15) is 18.1 Å². The molecule has 1 saturated heterocycles. The van der Waals surface area contributed by atoms with E-state index in [9.17, 15) is 9.59 Å². The van der Waals surface area contributed by atoms with Crippen LogP contribution in [0.25, 0.3) is 0 Å². The molecule has 2 aromatic carbocycles. The van der Waals surface area contributed by atoms with Crippen molar-refractivity contribution in [3.63, 3.8) is 0 Å². The van der Waals surface area contributed by atoms with Gasteiger partial charge in [0.15, 0.2) is 5.17 Å². The van der Waals surface area contributed by atoms with Crippen molar-refractivity contribution in [2.24, 2.45) is 4.99 Å². The van der Waals surface area contributed by atoms with E-state index in [0.717, 1.165) is 36.3 Å². The van der Waals surface area contributed by atoms with Gasteiger partial charge in [-0.25, -0.2) is 9.79 Å². The summed E-state index contributed by atoms with van der Waals surface area (Å²) in [7, 11) is 3.16. The predicted molar refractivity (Wildman–Crippen MR) is 153 cm³/mol. The Labute approximate surface area is 238 Å². The molecule has 0 aliphatic carbocycles. The molecule has 1 amide bonds. The number of hydrogen-bond donors (Lipinski definition) is 1. The highest BCUT2D eigenvalue weighted by Gasteiger charge is 2.42. The molecular formula is C30H33N3O6S. The van der Waals surface area contributed by atoms with Gasteiger partial charge in [0, 0.05) is 30.5 Å². The van der Waals surface area contributed by atoms with Crippen LogP contribution in [0.15, 0.2) is 75.9 Å². The van der Waals surface area contributed by atoms with Crippen molar-refractivity contribution < 1.29 is 28.5 Å². The topological polar surface area (TPSA) is 98.7 Å². The average molecular weight is 564 g/mol. The number of thioether (sulfide) groups is 1. The van der Waals surface area contributed by atoms with Gasteiger partial charge in [-0.3, -0.25) is 4.79 Å². The van der Waals surface area contributed by atoms with Crippen molar-refractivity contribution in [1.82, 2.24) is 10.2 Å².